The molecule has 0 aliphatic carbocycles. The molecular weight excluding hydrogens is 500 g/mol. The summed E-state index contributed by atoms with van der Waals surface area (Å²) in [5.74, 6) is -0.130. The number of carbonyl (C=O) groups excluding carboxylic acids is 1. The van der Waals surface area contributed by atoms with Crippen molar-refractivity contribution in [3.05, 3.63) is 84.6 Å². The number of nitro groups is 2. The second-order valence-electron chi connectivity index (χ2n) is 6.39. The van der Waals surface area contributed by atoms with Crippen LogP contribution < -0.4 is 10.1 Å². The van der Waals surface area contributed by atoms with E-state index in [0.717, 1.165) is 6.07 Å². The standard InChI is InChI=1S/C21H13BrN4O7/c1-32-20-6-3-14(26(30)31)10-18(20)24-21(27)12(11-23)8-15-4-7-19(33-15)16-5-2-13(25(28)29)9-17(16)22/h2-10H,1H3,(H,24,27)/b12-8+. The summed E-state index contributed by atoms with van der Waals surface area (Å²) in [6.07, 6.45) is 1.20. The second-order valence-corrected chi connectivity index (χ2v) is 7.24. The number of hydrogen-bond acceptors (Lipinski definition) is 8. The molecule has 0 radical (unpaired) electrons. The van der Waals surface area contributed by atoms with E-state index in [1.54, 1.807) is 12.1 Å². The molecule has 166 valence electrons. The zero-order valence-corrected chi connectivity index (χ0v) is 18.4. The third kappa shape index (κ3) is 5.23. The van der Waals surface area contributed by atoms with E-state index in [1.807, 2.05) is 0 Å². The van der Waals surface area contributed by atoms with Crippen molar-refractivity contribution in [3.63, 3.8) is 0 Å². The number of nitrogens with one attached hydrogen (secondary N) is 1. The summed E-state index contributed by atoms with van der Waals surface area (Å²) in [4.78, 5) is 33.3. The van der Waals surface area contributed by atoms with Crippen LogP contribution in [0.5, 0.6) is 5.75 Å². The fourth-order valence-electron chi connectivity index (χ4n) is 2.78. The molecule has 0 bridgehead atoms. The molecule has 3 aromatic rings. The number of non-ortho nitro benzene ring substituents is 2. The molecule has 0 saturated carbocycles. The molecule has 12 heteroatoms. The van der Waals surface area contributed by atoms with Gasteiger partial charge in [0.1, 0.15) is 28.9 Å². The monoisotopic (exact) mass is 512 g/mol. The minimum absolute atomic E-state index is 0.0211. The Morgan fingerprint density at radius 3 is 2.39 bits per heavy atom. The van der Waals surface area contributed by atoms with Crippen LogP contribution >= 0.6 is 15.9 Å². The van der Waals surface area contributed by atoms with Crippen molar-refractivity contribution in [2.24, 2.45) is 0 Å². The normalized spacial score (nSPS) is 10.9. The molecule has 0 atom stereocenters. The minimum Gasteiger partial charge on any atom is -0.495 e. The molecule has 0 aliphatic rings. The van der Waals surface area contributed by atoms with E-state index < -0.39 is 15.8 Å². The molecule has 11 nitrogen and oxygen atoms in total. The molecule has 0 unspecified atom stereocenters. The maximum atomic E-state index is 12.6. The molecule has 1 N–H and O–H groups in total. The molecule has 1 aromatic heterocycles. The predicted molar refractivity (Wildman–Crippen MR) is 120 cm³/mol. The van der Waals surface area contributed by atoms with Gasteiger partial charge in [-0.2, -0.15) is 5.26 Å². The quantitative estimate of drug-likeness (QED) is 0.198. The van der Waals surface area contributed by atoms with Crippen molar-refractivity contribution < 1.29 is 23.8 Å². The molecular formula is C21H13BrN4O7. The van der Waals surface area contributed by atoms with E-state index >= 15 is 0 Å². The SMILES string of the molecule is COc1ccc([N+](=O)[O-])cc1NC(=O)/C(C#N)=C/c1ccc(-c2ccc([N+](=O)[O-])cc2Br)o1. The highest BCUT2D eigenvalue weighted by atomic mass is 79.9. The Morgan fingerprint density at radius 2 is 1.79 bits per heavy atom. The summed E-state index contributed by atoms with van der Waals surface area (Å²) in [7, 11) is 1.33. The average Bonchev–Trinajstić information content (AvgIpc) is 3.25. The number of ether oxygens (including phenoxy) is 1. The number of carbonyl (C=O) groups is 1. The summed E-state index contributed by atoms with van der Waals surface area (Å²) in [6.45, 7) is 0. The highest BCUT2D eigenvalue weighted by Crippen LogP contribution is 2.33. The molecule has 0 saturated heterocycles. The first-order chi connectivity index (χ1) is 15.7. The Labute approximate surface area is 194 Å². The van der Waals surface area contributed by atoms with Gasteiger partial charge in [0, 0.05) is 40.4 Å². The van der Waals surface area contributed by atoms with Gasteiger partial charge in [0.25, 0.3) is 17.3 Å². The van der Waals surface area contributed by atoms with E-state index in [1.165, 1.54) is 49.6 Å². The van der Waals surface area contributed by atoms with Gasteiger partial charge in [-0.15, -0.1) is 0 Å². The number of benzene rings is 2. The zero-order valence-electron chi connectivity index (χ0n) is 16.8. The maximum Gasteiger partial charge on any atom is 0.271 e. The lowest BCUT2D eigenvalue weighted by Gasteiger charge is -2.09. The smallest absolute Gasteiger partial charge is 0.271 e. The fraction of sp³-hybridized carbons (Fsp3) is 0.0476. The van der Waals surface area contributed by atoms with Gasteiger partial charge in [-0.1, -0.05) is 0 Å². The number of furan rings is 1. The number of nitriles is 1. The maximum absolute atomic E-state index is 12.6. The van der Waals surface area contributed by atoms with Crippen LogP contribution in [-0.4, -0.2) is 22.9 Å². The third-order valence-electron chi connectivity index (χ3n) is 4.35. The summed E-state index contributed by atoms with van der Waals surface area (Å²) >= 11 is 3.26. The number of halogens is 1. The highest BCUT2D eigenvalue weighted by Gasteiger charge is 2.18. The molecule has 33 heavy (non-hydrogen) atoms. The number of methoxy groups -OCH3 is 1. The lowest BCUT2D eigenvalue weighted by atomic mass is 10.1. The third-order valence-corrected chi connectivity index (χ3v) is 5.01. The van der Waals surface area contributed by atoms with Crippen LogP contribution in [0.25, 0.3) is 17.4 Å². The van der Waals surface area contributed by atoms with Crippen LogP contribution in [0.4, 0.5) is 17.1 Å². The van der Waals surface area contributed by atoms with Crippen LogP contribution in [0.1, 0.15) is 5.76 Å². The van der Waals surface area contributed by atoms with Gasteiger partial charge in [-0.25, -0.2) is 0 Å². The highest BCUT2D eigenvalue weighted by molar-refractivity contribution is 9.10. The van der Waals surface area contributed by atoms with Gasteiger partial charge in [0.2, 0.25) is 0 Å². The van der Waals surface area contributed by atoms with Crippen LogP contribution in [0.3, 0.4) is 0 Å². The number of anilines is 1. The summed E-state index contributed by atoms with van der Waals surface area (Å²) in [5.41, 5.74) is -0.139. The van der Waals surface area contributed by atoms with E-state index in [2.05, 4.69) is 21.2 Å². The van der Waals surface area contributed by atoms with Crippen LogP contribution in [0.2, 0.25) is 0 Å². The summed E-state index contributed by atoms with van der Waals surface area (Å²) < 4.78 is 11.2. The lowest BCUT2D eigenvalue weighted by molar-refractivity contribution is -0.385. The lowest BCUT2D eigenvalue weighted by Crippen LogP contribution is -2.14. The van der Waals surface area contributed by atoms with Gasteiger partial charge in [0.05, 0.1) is 22.6 Å². The first-order valence-electron chi connectivity index (χ1n) is 9.03. The number of nitro benzene ring substituents is 2. The van der Waals surface area contributed by atoms with Gasteiger partial charge in [-0.05, 0) is 40.2 Å². The van der Waals surface area contributed by atoms with Crippen molar-refractivity contribution in [1.82, 2.24) is 0 Å². The molecule has 1 amide bonds. The Morgan fingerprint density at radius 1 is 1.12 bits per heavy atom. The Kier molecular flexibility index (Phi) is 6.85. The zero-order chi connectivity index (χ0) is 24.1. The molecule has 3 rings (SSSR count). The Bertz CT molecular complexity index is 1340. The van der Waals surface area contributed by atoms with Crippen molar-refractivity contribution in [3.8, 4) is 23.1 Å². The van der Waals surface area contributed by atoms with Gasteiger partial charge in [-0.3, -0.25) is 25.0 Å². The van der Waals surface area contributed by atoms with Gasteiger partial charge < -0.3 is 14.5 Å². The summed E-state index contributed by atoms with van der Waals surface area (Å²) in [5, 5.41) is 33.7. The largest absolute Gasteiger partial charge is 0.495 e. The van der Waals surface area contributed by atoms with E-state index in [9.17, 15) is 30.3 Å². The van der Waals surface area contributed by atoms with E-state index in [4.69, 9.17) is 9.15 Å². The van der Waals surface area contributed by atoms with E-state index in [0.29, 0.717) is 15.8 Å². The van der Waals surface area contributed by atoms with Crippen molar-refractivity contribution in [1.29, 1.82) is 5.26 Å². The first kappa shape index (κ1) is 23.2. The predicted octanol–water partition coefficient (Wildman–Crippen LogP) is 5.08. The average molecular weight is 513 g/mol. The van der Waals surface area contributed by atoms with Crippen molar-refractivity contribution in [2.75, 3.05) is 12.4 Å². The van der Waals surface area contributed by atoms with Crippen molar-refractivity contribution in [2.45, 2.75) is 0 Å². The Balaban J connectivity index is 1.87. The van der Waals surface area contributed by atoms with Gasteiger partial charge in [0.15, 0.2) is 0 Å². The summed E-state index contributed by atoms with van der Waals surface area (Å²) in [6, 6.07) is 12.7. The number of amides is 1. The minimum atomic E-state index is -0.828. The van der Waals surface area contributed by atoms with Gasteiger partial charge >= 0.3 is 0 Å². The number of rotatable bonds is 7. The molecule has 2 aromatic carbocycles. The van der Waals surface area contributed by atoms with Crippen LogP contribution in [0, 0.1) is 31.6 Å². The van der Waals surface area contributed by atoms with Crippen LogP contribution in [-0.2, 0) is 4.79 Å². The number of nitrogens with zero attached hydrogens (tertiary/aromatic N) is 3. The Hall–Kier alpha value is -4.50. The first-order valence-corrected chi connectivity index (χ1v) is 9.82. The van der Waals surface area contributed by atoms with Crippen molar-refractivity contribution >= 4 is 45.0 Å². The molecule has 0 spiro atoms. The number of hydrogen-bond donors (Lipinski definition) is 1. The van der Waals surface area contributed by atoms with Crippen LogP contribution in [0.15, 0.2) is 63.0 Å². The molecule has 0 aliphatic heterocycles. The topological polar surface area (TPSA) is 162 Å². The fourth-order valence-corrected chi connectivity index (χ4v) is 3.34. The molecule has 0 fully saturated rings. The van der Waals surface area contributed by atoms with E-state index in [-0.39, 0.29) is 34.1 Å². The second kappa shape index (κ2) is 9.75. The molecule has 1 heterocycles.